The standard InChI is InChI=1S/C28H32F3N7O3/c1-3-4-18-5-6-21(38-10-7-17(2)36-38)19(13-18)24(28(29,30)31)41-23-14-22(34-26(32)35-23)37-11-8-27(9-12-37)15-20(25(39)40)33-16-27/h3-7,10,13-14,20,24,33H,8-9,11-12,15-16H2,1-2H3,(H,39,40)(H2,32,34,35)/b4-3+/t20-,24+/m0/s1. The van der Waals surface area contributed by atoms with Crippen LogP contribution in [0.5, 0.6) is 5.88 Å². The summed E-state index contributed by atoms with van der Waals surface area (Å²) in [4.78, 5) is 21.6. The fraction of sp³-hybridized carbons (Fsp3) is 0.429. The number of benzene rings is 1. The fourth-order valence-electron chi connectivity index (χ4n) is 5.60. The number of alkyl halides is 3. The van der Waals surface area contributed by atoms with E-state index in [2.05, 4.69) is 20.4 Å². The zero-order chi connectivity index (χ0) is 29.4. The second kappa shape index (κ2) is 11.0. The van der Waals surface area contributed by atoms with Crippen LogP contribution in [0, 0.1) is 12.3 Å². The maximum absolute atomic E-state index is 14.6. The molecular formula is C28H32F3N7O3. The number of aliphatic carboxylic acids is 1. The molecule has 4 N–H and O–H groups in total. The third-order valence-corrected chi connectivity index (χ3v) is 7.71. The minimum Gasteiger partial charge on any atom is -0.480 e. The number of ether oxygens (including phenoxy) is 1. The largest absolute Gasteiger partial charge is 0.480 e. The number of hydrogen-bond donors (Lipinski definition) is 3. The van der Waals surface area contributed by atoms with Gasteiger partial charge in [-0.1, -0.05) is 18.2 Å². The van der Waals surface area contributed by atoms with E-state index >= 15 is 0 Å². The summed E-state index contributed by atoms with van der Waals surface area (Å²) in [5, 5.41) is 16.7. The van der Waals surface area contributed by atoms with Crippen LogP contribution in [0.1, 0.15) is 49.1 Å². The maximum Gasteiger partial charge on any atom is 0.429 e. The lowest BCUT2D eigenvalue weighted by molar-refractivity contribution is -0.198. The molecule has 0 bridgehead atoms. The number of hydrogen-bond acceptors (Lipinski definition) is 8. The van der Waals surface area contributed by atoms with E-state index in [4.69, 9.17) is 10.5 Å². The van der Waals surface area contributed by atoms with Crippen molar-refractivity contribution in [2.75, 3.05) is 30.3 Å². The second-order valence-electron chi connectivity index (χ2n) is 10.6. The smallest absolute Gasteiger partial charge is 0.429 e. The quantitative estimate of drug-likeness (QED) is 0.380. The van der Waals surface area contributed by atoms with Crippen LogP contribution in [0.4, 0.5) is 24.9 Å². The number of nitrogen functional groups attached to an aromatic ring is 1. The molecule has 0 unspecified atom stereocenters. The van der Waals surface area contributed by atoms with Crippen molar-refractivity contribution in [2.45, 2.75) is 51.4 Å². The molecule has 1 spiro atoms. The Morgan fingerprint density at radius 1 is 1.24 bits per heavy atom. The van der Waals surface area contributed by atoms with Gasteiger partial charge in [-0.25, -0.2) is 4.68 Å². The lowest BCUT2D eigenvalue weighted by atomic mass is 9.76. The number of carboxylic acid groups (broad SMARTS) is 1. The highest BCUT2D eigenvalue weighted by Gasteiger charge is 2.46. The third kappa shape index (κ3) is 6.14. The highest BCUT2D eigenvalue weighted by atomic mass is 19.4. The third-order valence-electron chi connectivity index (χ3n) is 7.71. The number of aryl methyl sites for hydroxylation is 1. The van der Waals surface area contributed by atoms with Gasteiger partial charge in [0.2, 0.25) is 17.9 Å². The van der Waals surface area contributed by atoms with Crippen molar-refractivity contribution >= 4 is 23.8 Å². The molecule has 4 heterocycles. The molecule has 2 atom stereocenters. The van der Waals surface area contributed by atoms with Gasteiger partial charge in [-0.3, -0.25) is 4.79 Å². The Morgan fingerprint density at radius 2 is 2.00 bits per heavy atom. The summed E-state index contributed by atoms with van der Waals surface area (Å²) in [5.41, 5.74) is 7.12. The van der Waals surface area contributed by atoms with Gasteiger partial charge in [0, 0.05) is 37.5 Å². The molecule has 2 fully saturated rings. The summed E-state index contributed by atoms with van der Waals surface area (Å²) in [6.07, 6.45) is -0.163. The van der Waals surface area contributed by atoms with Crippen LogP contribution >= 0.6 is 0 Å². The molecule has 0 aliphatic carbocycles. The predicted octanol–water partition coefficient (Wildman–Crippen LogP) is 4.30. The predicted molar refractivity (Wildman–Crippen MR) is 147 cm³/mol. The van der Waals surface area contributed by atoms with Crippen LogP contribution in [0.2, 0.25) is 0 Å². The molecule has 218 valence electrons. The Morgan fingerprint density at radius 3 is 2.61 bits per heavy atom. The van der Waals surface area contributed by atoms with Crippen molar-refractivity contribution < 1.29 is 27.8 Å². The number of piperidine rings is 1. The Labute approximate surface area is 235 Å². The van der Waals surface area contributed by atoms with Gasteiger partial charge < -0.3 is 25.8 Å². The van der Waals surface area contributed by atoms with Gasteiger partial charge in [0.15, 0.2) is 0 Å². The van der Waals surface area contributed by atoms with Gasteiger partial charge in [-0.2, -0.15) is 28.2 Å². The SMILES string of the molecule is C/C=C/c1ccc(-n2ccc(C)n2)c([C@@H](Oc2cc(N3CCC4(CC3)CN[C@H](C(=O)O)C4)nc(N)n2)C(F)(F)F)c1. The first-order valence-corrected chi connectivity index (χ1v) is 13.3. The lowest BCUT2D eigenvalue weighted by Gasteiger charge is -2.39. The summed E-state index contributed by atoms with van der Waals surface area (Å²) >= 11 is 0. The van der Waals surface area contributed by atoms with E-state index in [0.29, 0.717) is 56.0 Å². The van der Waals surface area contributed by atoms with Gasteiger partial charge >= 0.3 is 12.1 Å². The number of carboxylic acids is 1. The monoisotopic (exact) mass is 571 g/mol. The van der Waals surface area contributed by atoms with Crippen molar-refractivity contribution in [1.82, 2.24) is 25.1 Å². The number of nitrogens with zero attached hydrogens (tertiary/aromatic N) is 5. The average molecular weight is 572 g/mol. The Balaban J connectivity index is 1.43. The number of nitrogens with one attached hydrogen (secondary N) is 1. The van der Waals surface area contributed by atoms with Crippen LogP contribution in [0.25, 0.3) is 11.8 Å². The van der Waals surface area contributed by atoms with Crippen molar-refractivity contribution in [3.8, 4) is 11.6 Å². The number of allylic oxidation sites excluding steroid dienone is 1. The highest BCUT2D eigenvalue weighted by Crippen LogP contribution is 2.42. The Hall–Kier alpha value is -4.13. The minimum absolute atomic E-state index is 0.128. The molecule has 2 saturated heterocycles. The first-order chi connectivity index (χ1) is 19.5. The molecule has 2 aliphatic heterocycles. The number of nitrogens with two attached hydrogens (primary N) is 1. The van der Waals surface area contributed by atoms with E-state index in [1.165, 1.54) is 16.8 Å². The summed E-state index contributed by atoms with van der Waals surface area (Å²) in [5.74, 6) is -1.02. The number of rotatable bonds is 7. The molecule has 1 aromatic carbocycles. The zero-order valence-corrected chi connectivity index (χ0v) is 22.7. The molecule has 0 amide bonds. The van der Waals surface area contributed by atoms with Crippen LogP contribution in [0.3, 0.4) is 0 Å². The first-order valence-electron chi connectivity index (χ1n) is 13.3. The van der Waals surface area contributed by atoms with Crippen molar-refractivity contribution in [2.24, 2.45) is 5.41 Å². The molecule has 5 rings (SSSR count). The van der Waals surface area contributed by atoms with Gasteiger partial charge in [0.1, 0.15) is 11.9 Å². The van der Waals surface area contributed by atoms with Crippen LogP contribution < -0.4 is 20.7 Å². The van der Waals surface area contributed by atoms with Gasteiger partial charge in [-0.15, -0.1) is 0 Å². The first kappa shape index (κ1) is 28.4. The second-order valence-corrected chi connectivity index (χ2v) is 10.6. The van der Waals surface area contributed by atoms with Gasteiger partial charge in [0.05, 0.1) is 11.4 Å². The number of anilines is 2. The van der Waals surface area contributed by atoms with E-state index in [9.17, 15) is 23.1 Å². The minimum atomic E-state index is -4.79. The lowest BCUT2D eigenvalue weighted by Crippen LogP contribution is -2.41. The molecule has 0 radical (unpaired) electrons. The Bertz CT molecular complexity index is 1450. The normalized spacial score (nSPS) is 19.6. The van der Waals surface area contributed by atoms with Crippen molar-refractivity contribution in [1.29, 1.82) is 0 Å². The molecule has 3 aromatic rings. The zero-order valence-electron chi connectivity index (χ0n) is 22.7. The number of aromatic nitrogens is 4. The molecule has 2 aliphatic rings. The van der Waals surface area contributed by atoms with Crippen molar-refractivity contribution in [3.63, 3.8) is 0 Å². The molecular weight excluding hydrogens is 539 g/mol. The van der Waals surface area contributed by atoms with E-state index in [-0.39, 0.29) is 28.5 Å². The van der Waals surface area contributed by atoms with Crippen LogP contribution in [-0.4, -0.2) is 62.7 Å². The Kier molecular flexibility index (Phi) is 7.64. The maximum atomic E-state index is 14.6. The van der Waals surface area contributed by atoms with Gasteiger partial charge in [0.25, 0.3) is 0 Å². The topological polar surface area (TPSA) is 131 Å². The van der Waals surface area contributed by atoms with E-state index < -0.39 is 24.3 Å². The van der Waals surface area contributed by atoms with E-state index in [1.807, 2.05) is 4.90 Å². The summed E-state index contributed by atoms with van der Waals surface area (Å²) in [6.45, 7) is 5.23. The molecule has 13 heteroatoms. The van der Waals surface area contributed by atoms with Gasteiger partial charge in [-0.05, 0) is 62.3 Å². The average Bonchev–Trinajstić information content (AvgIpc) is 3.53. The van der Waals surface area contributed by atoms with Crippen LogP contribution in [0.15, 0.2) is 42.6 Å². The molecule has 2 aromatic heterocycles. The van der Waals surface area contributed by atoms with E-state index in [0.717, 1.165) is 0 Å². The fourth-order valence-corrected chi connectivity index (χ4v) is 5.60. The number of carbonyl (C=O) groups is 1. The van der Waals surface area contributed by atoms with E-state index in [1.54, 1.807) is 50.4 Å². The van der Waals surface area contributed by atoms with Crippen molar-refractivity contribution in [3.05, 3.63) is 59.4 Å². The number of halogens is 3. The highest BCUT2D eigenvalue weighted by molar-refractivity contribution is 5.74. The summed E-state index contributed by atoms with van der Waals surface area (Å²) in [7, 11) is 0. The van der Waals surface area contributed by atoms with Crippen LogP contribution in [-0.2, 0) is 4.79 Å². The molecule has 10 nitrogen and oxygen atoms in total. The summed E-state index contributed by atoms with van der Waals surface area (Å²) in [6, 6.07) is 7.23. The summed E-state index contributed by atoms with van der Waals surface area (Å²) < 4.78 is 50.8. The molecule has 41 heavy (non-hydrogen) atoms. The molecule has 0 saturated carbocycles.